The predicted octanol–water partition coefficient (Wildman–Crippen LogP) is 2.08. The highest BCUT2D eigenvalue weighted by molar-refractivity contribution is 7.09. The minimum absolute atomic E-state index is 0.106. The van der Waals surface area contributed by atoms with E-state index in [0.717, 1.165) is 11.3 Å². The first kappa shape index (κ1) is 5.62. The van der Waals surface area contributed by atoms with Crippen LogP contribution in [-0.4, -0.2) is 4.98 Å². The molecule has 4 heteroatoms. The third-order valence-corrected chi connectivity index (χ3v) is 1.42. The van der Waals surface area contributed by atoms with Crippen LogP contribution in [0.3, 0.4) is 0 Å². The zero-order valence-electron chi connectivity index (χ0n) is 3.84. The SMILES string of the molecule is FC(F)c1nccs1. The van der Waals surface area contributed by atoms with E-state index in [2.05, 4.69) is 4.98 Å². The molecule has 1 aromatic rings. The summed E-state index contributed by atoms with van der Waals surface area (Å²) in [7, 11) is 0. The molecule has 0 spiro atoms. The lowest BCUT2D eigenvalue weighted by molar-refractivity contribution is 0.151. The Kier molecular flexibility index (Phi) is 1.53. The summed E-state index contributed by atoms with van der Waals surface area (Å²) in [5.41, 5.74) is 0. The molecule has 1 rings (SSSR count). The average Bonchev–Trinajstić information content (AvgIpc) is 2.12. The van der Waals surface area contributed by atoms with E-state index < -0.39 is 6.43 Å². The lowest BCUT2D eigenvalue weighted by Crippen LogP contribution is -1.77. The van der Waals surface area contributed by atoms with Gasteiger partial charge in [0.2, 0.25) is 0 Å². The predicted molar refractivity (Wildman–Crippen MR) is 27.1 cm³/mol. The minimum atomic E-state index is -2.41. The number of alkyl halides is 2. The molecule has 0 N–H and O–H groups in total. The monoisotopic (exact) mass is 135 g/mol. The van der Waals surface area contributed by atoms with E-state index in [1.165, 1.54) is 11.6 Å². The van der Waals surface area contributed by atoms with E-state index >= 15 is 0 Å². The van der Waals surface area contributed by atoms with Crippen LogP contribution in [-0.2, 0) is 0 Å². The van der Waals surface area contributed by atoms with Crippen LogP contribution >= 0.6 is 11.3 Å². The van der Waals surface area contributed by atoms with Gasteiger partial charge >= 0.3 is 0 Å². The maximum atomic E-state index is 11.5. The van der Waals surface area contributed by atoms with Crippen LogP contribution < -0.4 is 0 Å². The van der Waals surface area contributed by atoms with Crippen molar-refractivity contribution in [1.29, 1.82) is 0 Å². The topological polar surface area (TPSA) is 12.9 Å². The van der Waals surface area contributed by atoms with Gasteiger partial charge in [0.05, 0.1) is 0 Å². The molecule has 8 heavy (non-hydrogen) atoms. The molecule has 0 radical (unpaired) electrons. The Labute approximate surface area is 49.0 Å². The maximum absolute atomic E-state index is 11.5. The Morgan fingerprint density at radius 2 is 2.38 bits per heavy atom. The Balaban J connectivity index is 2.77. The molecular weight excluding hydrogens is 132 g/mol. The van der Waals surface area contributed by atoms with Crippen LogP contribution in [0.25, 0.3) is 0 Å². The standard InChI is InChI=1S/C4H3F2NS/c5-3(6)4-7-1-2-8-4/h1-3H. The fourth-order valence-electron chi connectivity index (χ4n) is 0.342. The van der Waals surface area contributed by atoms with Gasteiger partial charge in [-0.3, -0.25) is 0 Å². The summed E-state index contributed by atoms with van der Waals surface area (Å²) in [4.78, 5) is 3.38. The highest BCUT2D eigenvalue weighted by atomic mass is 32.1. The molecule has 0 saturated carbocycles. The molecule has 0 aliphatic heterocycles. The van der Waals surface area contributed by atoms with E-state index in [9.17, 15) is 8.78 Å². The Morgan fingerprint density at radius 1 is 1.62 bits per heavy atom. The third kappa shape index (κ3) is 1.01. The van der Waals surface area contributed by atoms with Crippen molar-refractivity contribution >= 4 is 11.3 Å². The van der Waals surface area contributed by atoms with E-state index in [1.54, 1.807) is 0 Å². The van der Waals surface area contributed by atoms with Gasteiger partial charge in [0.1, 0.15) is 0 Å². The number of halogens is 2. The summed E-state index contributed by atoms with van der Waals surface area (Å²) in [6.45, 7) is 0. The van der Waals surface area contributed by atoms with Crippen LogP contribution in [0.1, 0.15) is 11.4 Å². The summed E-state index contributed by atoms with van der Waals surface area (Å²) in [5, 5.41) is 1.42. The smallest absolute Gasteiger partial charge is 0.244 e. The van der Waals surface area contributed by atoms with E-state index in [1.807, 2.05) is 0 Å². The molecule has 0 atom stereocenters. The molecule has 0 aliphatic carbocycles. The van der Waals surface area contributed by atoms with Gasteiger partial charge in [0, 0.05) is 11.6 Å². The molecular formula is C4H3F2NS. The minimum Gasteiger partial charge on any atom is -0.244 e. The number of hydrogen-bond donors (Lipinski definition) is 0. The number of thiazole rings is 1. The summed E-state index contributed by atoms with van der Waals surface area (Å²) < 4.78 is 23.1. The quantitative estimate of drug-likeness (QED) is 0.574. The molecule has 0 aliphatic rings. The van der Waals surface area contributed by atoms with Gasteiger partial charge in [-0.05, 0) is 0 Å². The van der Waals surface area contributed by atoms with Gasteiger partial charge in [0.25, 0.3) is 6.43 Å². The molecule has 0 amide bonds. The highest BCUT2D eigenvalue weighted by Crippen LogP contribution is 2.19. The normalized spacial score (nSPS) is 10.4. The lowest BCUT2D eigenvalue weighted by Gasteiger charge is -1.85. The Hall–Kier alpha value is -0.510. The Morgan fingerprint density at radius 3 is 2.62 bits per heavy atom. The molecule has 44 valence electrons. The van der Waals surface area contributed by atoms with Crippen molar-refractivity contribution in [3.8, 4) is 0 Å². The maximum Gasteiger partial charge on any atom is 0.289 e. The van der Waals surface area contributed by atoms with Crippen molar-refractivity contribution in [2.45, 2.75) is 6.43 Å². The zero-order valence-corrected chi connectivity index (χ0v) is 4.66. The van der Waals surface area contributed by atoms with E-state index in [0.29, 0.717) is 0 Å². The van der Waals surface area contributed by atoms with Crippen LogP contribution in [0.15, 0.2) is 11.6 Å². The first-order chi connectivity index (χ1) is 3.80. The summed E-state index contributed by atoms with van der Waals surface area (Å²) in [5.74, 6) is 0. The third-order valence-electron chi connectivity index (χ3n) is 0.638. The fourth-order valence-corrected chi connectivity index (χ4v) is 0.828. The summed E-state index contributed by atoms with van der Waals surface area (Å²) in [6, 6.07) is 0. The first-order valence-corrected chi connectivity index (χ1v) is 2.86. The molecule has 1 nitrogen and oxygen atoms in total. The van der Waals surface area contributed by atoms with E-state index in [-0.39, 0.29) is 5.01 Å². The number of nitrogens with zero attached hydrogens (tertiary/aromatic N) is 1. The lowest BCUT2D eigenvalue weighted by atomic mass is 10.7. The van der Waals surface area contributed by atoms with Gasteiger partial charge in [-0.15, -0.1) is 11.3 Å². The molecule has 0 bridgehead atoms. The second kappa shape index (κ2) is 2.17. The molecule has 0 unspecified atom stereocenters. The van der Waals surface area contributed by atoms with Crippen molar-refractivity contribution in [1.82, 2.24) is 4.98 Å². The largest absolute Gasteiger partial charge is 0.289 e. The van der Waals surface area contributed by atoms with E-state index in [4.69, 9.17) is 0 Å². The average molecular weight is 135 g/mol. The van der Waals surface area contributed by atoms with Crippen molar-refractivity contribution in [2.75, 3.05) is 0 Å². The molecule has 0 fully saturated rings. The molecule has 0 saturated heterocycles. The van der Waals surface area contributed by atoms with Gasteiger partial charge in [0.15, 0.2) is 5.01 Å². The molecule has 1 heterocycles. The second-order valence-electron chi connectivity index (χ2n) is 1.17. The first-order valence-electron chi connectivity index (χ1n) is 1.98. The van der Waals surface area contributed by atoms with Crippen LogP contribution in [0.4, 0.5) is 8.78 Å². The van der Waals surface area contributed by atoms with Crippen molar-refractivity contribution in [3.63, 3.8) is 0 Å². The molecule has 1 aromatic heterocycles. The Bertz CT molecular complexity index is 149. The number of aromatic nitrogens is 1. The number of hydrogen-bond acceptors (Lipinski definition) is 2. The van der Waals surface area contributed by atoms with Crippen LogP contribution in [0, 0.1) is 0 Å². The molecule has 0 aromatic carbocycles. The van der Waals surface area contributed by atoms with Crippen molar-refractivity contribution < 1.29 is 8.78 Å². The van der Waals surface area contributed by atoms with Crippen molar-refractivity contribution in [3.05, 3.63) is 16.6 Å². The van der Waals surface area contributed by atoms with Gasteiger partial charge in [-0.1, -0.05) is 0 Å². The number of rotatable bonds is 1. The van der Waals surface area contributed by atoms with Gasteiger partial charge < -0.3 is 0 Å². The zero-order chi connectivity index (χ0) is 5.98. The van der Waals surface area contributed by atoms with Gasteiger partial charge in [-0.25, -0.2) is 13.8 Å². The second-order valence-corrected chi connectivity index (χ2v) is 2.10. The van der Waals surface area contributed by atoms with Crippen LogP contribution in [0.2, 0.25) is 0 Å². The van der Waals surface area contributed by atoms with Crippen molar-refractivity contribution in [2.24, 2.45) is 0 Å². The van der Waals surface area contributed by atoms with Gasteiger partial charge in [-0.2, -0.15) is 0 Å². The van der Waals surface area contributed by atoms with Crippen LogP contribution in [0.5, 0.6) is 0 Å². The highest BCUT2D eigenvalue weighted by Gasteiger charge is 2.07. The summed E-state index contributed by atoms with van der Waals surface area (Å²) in [6.07, 6.45) is -1.04. The summed E-state index contributed by atoms with van der Waals surface area (Å²) >= 11 is 0.970. The fraction of sp³-hybridized carbons (Fsp3) is 0.250.